The Hall–Kier alpha value is -1.41. The second kappa shape index (κ2) is 6.57. The number of carbonyl (C=O) groups excluding carboxylic acids is 2. The maximum Gasteiger partial charge on any atom is 0.266 e. The Kier molecular flexibility index (Phi) is 5.00. The minimum atomic E-state index is -1.56. The van der Waals surface area contributed by atoms with Crippen molar-refractivity contribution in [2.45, 2.75) is 6.04 Å². The van der Waals surface area contributed by atoms with Gasteiger partial charge in [0.05, 0.1) is 17.5 Å². The van der Waals surface area contributed by atoms with Gasteiger partial charge in [0.25, 0.3) is 5.91 Å². The second-order valence-corrected chi connectivity index (χ2v) is 6.17. The van der Waals surface area contributed by atoms with E-state index in [9.17, 15) is 14.7 Å². The number of thioether (sulfide) groups is 1. The second-order valence-electron chi connectivity index (χ2n) is 4.09. The van der Waals surface area contributed by atoms with Crippen molar-refractivity contribution in [2.75, 3.05) is 6.61 Å². The van der Waals surface area contributed by atoms with Crippen LogP contribution in [0.25, 0.3) is 6.08 Å². The Balaban J connectivity index is 2.34. The maximum atomic E-state index is 12.2. The van der Waals surface area contributed by atoms with Crippen LogP contribution < -0.4 is 5.11 Å². The summed E-state index contributed by atoms with van der Waals surface area (Å²) in [6.45, 7) is -0.770. The Morgan fingerprint density at radius 1 is 1.52 bits per heavy atom. The molecule has 21 heavy (non-hydrogen) atoms. The summed E-state index contributed by atoms with van der Waals surface area (Å²) >= 11 is 12.0. The summed E-state index contributed by atoms with van der Waals surface area (Å²) in [7, 11) is 0. The van der Waals surface area contributed by atoms with Crippen molar-refractivity contribution >= 4 is 57.9 Å². The zero-order chi connectivity index (χ0) is 15.6. The number of carboxylic acids is 1. The summed E-state index contributed by atoms with van der Waals surface area (Å²) < 4.78 is 0.0570. The molecule has 0 aliphatic carbocycles. The topological polar surface area (TPSA) is 80.7 Å². The highest BCUT2D eigenvalue weighted by Crippen LogP contribution is 2.34. The number of aliphatic hydroxyl groups is 1. The van der Waals surface area contributed by atoms with Crippen molar-refractivity contribution in [1.29, 1.82) is 0 Å². The van der Waals surface area contributed by atoms with Crippen LogP contribution in [0.2, 0.25) is 5.02 Å². The summed E-state index contributed by atoms with van der Waals surface area (Å²) in [6, 6.07) is 5.41. The van der Waals surface area contributed by atoms with E-state index in [1.165, 1.54) is 6.08 Å². The first-order valence-corrected chi connectivity index (χ1v) is 7.39. The van der Waals surface area contributed by atoms with Gasteiger partial charge in [-0.1, -0.05) is 53.8 Å². The molecule has 1 N–H and O–H groups in total. The van der Waals surface area contributed by atoms with Crippen LogP contribution in [0.5, 0.6) is 0 Å². The molecule has 1 aliphatic rings. The SMILES string of the molecule is O=C([O-])[C@@H](CO)N1C(=O)/C(=C/c2ccccc2Cl)SC1=S. The first-order chi connectivity index (χ1) is 9.95. The highest BCUT2D eigenvalue weighted by Gasteiger charge is 2.37. The van der Waals surface area contributed by atoms with E-state index in [-0.39, 0.29) is 9.23 Å². The molecule has 0 spiro atoms. The monoisotopic (exact) mass is 342 g/mol. The van der Waals surface area contributed by atoms with Crippen LogP contribution in [-0.4, -0.2) is 38.9 Å². The average molecular weight is 343 g/mol. The third-order valence-corrected chi connectivity index (χ3v) is 4.45. The number of carbonyl (C=O) groups is 2. The smallest absolute Gasteiger partial charge is 0.266 e. The predicted molar refractivity (Wildman–Crippen MR) is 82.3 cm³/mol. The number of hydrogen-bond donors (Lipinski definition) is 1. The lowest BCUT2D eigenvalue weighted by atomic mass is 10.2. The number of thiocarbonyl (C=S) groups is 1. The fourth-order valence-corrected chi connectivity index (χ4v) is 3.28. The largest absolute Gasteiger partial charge is 0.548 e. The van der Waals surface area contributed by atoms with Crippen LogP contribution in [-0.2, 0) is 9.59 Å². The fraction of sp³-hybridized carbons (Fsp3) is 0.154. The Labute approximate surface area is 135 Å². The molecule has 1 fully saturated rings. The standard InChI is InChI=1S/C13H10ClNO4S2/c14-8-4-2-1-3-7(8)5-10-11(17)15(13(20)21-10)9(6-16)12(18)19/h1-5,9,16H,6H2,(H,18,19)/p-1/b10-5-/t9-/m1/s1. The molecule has 1 aromatic carbocycles. The number of amides is 1. The number of aliphatic carboxylic acids is 1. The minimum absolute atomic E-state index is 0.0570. The number of nitrogens with zero attached hydrogens (tertiary/aromatic N) is 1. The Morgan fingerprint density at radius 3 is 2.76 bits per heavy atom. The molecule has 5 nitrogen and oxygen atoms in total. The summed E-state index contributed by atoms with van der Waals surface area (Å²) in [4.78, 5) is 24.3. The molecular weight excluding hydrogens is 334 g/mol. The minimum Gasteiger partial charge on any atom is -0.548 e. The highest BCUT2D eigenvalue weighted by atomic mass is 35.5. The van der Waals surface area contributed by atoms with Crippen molar-refractivity contribution in [2.24, 2.45) is 0 Å². The van der Waals surface area contributed by atoms with Crippen molar-refractivity contribution in [3.05, 3.63) is 39.8 Å². The molecule has 110 valence electrons. The van der Waals surface area contributed by atoms with Gasteiger partial charge in [0.15, 0.2) is 0 Å². The third-order valence-electron chi connectivity index (χ3n) is 2.77. The van der Waals surface area contributed by atoms with Crippen LogP contribution in [0.4, 0.5) is 0 Å². The Morgan fingerprint density at radius 2 is 2.19 bits per heavy atom. The lowest BCUT2D eigenvalue weighted by Crippen LogP contribution is -2.51. The van der Waals surface area contributed by atoms with Crippen molar-refractivity contribution in [1.82, 2.24) is 4.90 Å². The van der Waals surface area contributed by atoms with Gasteiger partial charge in [-0.15, -0.1) is 0 Å². The van der Waals surface area contributed by atoms with E-state index in [2.05, 4.69) is 0 Å². The van der Waals surface area contributed by atoms with Crippen molar-refractivity contribution < 1.29 is 19.8 Å². The quantitative estimate of drug-likeness (QED) is 0.639. The van der Waals surface area contributed by atoms with E-state index in [1.54, 1.807) is 24.3 Å². The molecule has 1 saturated heterocycles. The number of benzene rings is 1. The van der Waals surface area contributed by atoms with Crippen molar-refractivity contribution in [3.8, 4) is 0 Å². The molecule has 0 radical (unpaired) electrons. The zero-order valence-electron chi connectivity index (χ0n) is 10.5. The lowest BCUT2D eigenvalue weighted by molar-refractivity contribution is -0.311. The lowest BCUT2D eigenvalue weighted by Gasteiger charge is -2.25. The van der Waals surface area contributed by atoms with Gasteiger partial charge in [-0.05, 0) is 17.7 Å². The first-order valence-electron chi connectivity index (χ1n) is 5.79. The summed E-state index contributed by atoms with van der Waals surface area (Å²) in [5, 5.41) is 20.5. The summed E-state index contributed by atoms with van der Waals surface area (Å²) in [6.07, 6.45) is 1.53. The van der Waals surface area contributed by atoms with Crippen molar-refractivity contribution in [3.63, 3.8) is 0 Å². The molecule has 1 atom stereocenters. The summed E-state index contributed by atoms with van der Waals surface area (Å²) in [5.74, 6) is -2.15. The number of rotatable bonds is 4. The molecule has 0 saturated carbocycles. The van der Waals surface area contributed by atoms with E-state index >= 15 is 0 Å². The van der Waals surface area contributed by atoms with Gasteiger partial charge in [0, 0.05) is 5.02 Å². The number of halogens is 1. The van der Waals surface area contributed by atoms with Crippen LogP contribution in [0.3, 0.4) is 0 Å². The van der Waals surface area contributed by atoms with E-state index in [4.69, 9.17) is 28.9 Å². The third kappa shape index (κ3) is 3.26. The molecule has 8 heteroatoms. The van der Waals surface area contributed by atoms with Crippen LogP contribution >= 0.6 is 35.6 Å². The van der Waals surface area contributed by atoms with Gasteiger partial charge >= 0.3 is 0 Å². The van der Waals surface area contributed by atoms with Crippen LogP contribution in [0, 0.1) is 0 Å². The van der Waals surface area contributed by atoms with E-state index in [0.29, 0.717) is 10.6 Å². The molecule has 1 heterocycles. The molecular formula is C13H9ClNO4S2-. The zero-order valence-corrected chi connectivity index (χ0v) is 12.9. The first kappa shape index (κ1) is 16.0. The molecule has 1 amide bonds. The molecule has 0 bridgehead atoms. The highest BCUT2D eigenvalue weighted by molar-refractivity contribution is 8.26. The number of aliphatic hydroxyl groups excluding tert-OH is 1. The molecule has 0 unspecified atom stereocenters. The van der Waals surface area contributed by atoms with Crippen LogP contribution in [0.1, 0.15) is 5.56 Å². The van der Waals surface area contributed by atoms with Gasteiger partial charge in [0.1, 0.15) is 10.4 Å². The normalized spacial score (nSPS) is 18.4. The fourth-order valence-electron chi connectivity index (χ4n) is 1.74. The van der Waals surface area contributed by atoms with E-state index in [0.717, 1.165) is 16.7 Å². The number of carboxylic acid groups (broad SMARTS) is 1. The maximum absolute atomic E-state index is 12.2. The molecule has 0 aromatic heterocycles. The van der Waals surface area contributed by atoms with Gasteiger partial charge in [0.2, 0.25) is 0 Å². The Bertz CT molecular complexity index is 647. The predicted octanol–water partition coefficient (Wildman–Crippen LogP) is 0.652. The van der Waals surface area contributed by atoms with Gasteiger partial charge in [-0.3, -0.25) is 9.69 Å². The summed E-state index contributed by atoms with van der Waals surface area (Å²) in [5.41, 5.74) is 0.619. The van der Waals surface area contributed by atoms with Gasteiger partial charge in [-0.2, -0.15) is 0 Å². The average Bonchev–Trinajstić information content (AvgIpc) is 2.70. The van der Waals surface area contributed by atoms with Gasteiger partial charge < -0.3 is 15.0 Å². The van der Waals surface area contributed by atoms with E-state index < -0.39 is 24.5 Å². The van der Waals surface area contributed by atoms with Gasteiger partial charge in [-0.25, -0.2) is 0 Å². The van der Waals surface area contributed by atoms with E-state index in [1.807, 2.05) is 0 Å². The molecule has 1 aromatic rings. The number of hydrogen-bond acceptors (Lipinski definition) is 6. The van der Waals surface area contributed by atoms with Crippen LogP contribution in [0.15, 0.2) is 29.2 Å². The molecule has 2 rings (SSSR count). The molecule has 1 aliphatic heterocycles.